The first-order valence-corrected chi connectivity index (χ1v) is 32.4. The Morgan fingerprint density at radius 3 is 0.989 bits per heavy atom. The molecule has 0 atom stereocenters. The Kier molecular flexibility index (Phi) is 14.2. The number of hydrogen-bond acceptors (Lipinski definition) is 4. The Morgan fingerprint density at radius 1 is 0.234 bits per heavy atom. The molecule has 0 fully saturated rings. The molecule has 0 saturated carbocycles. The van der Waals surface area contributed by atoms with Gasteiger partial charge < -0.3 is 9.13 Å². The van der Waals surface area contributed by atoms with Crippen LogP contribution in [0.2, 0.25) is 0 Å². The van der Waals surface area contributed by atoms with E-state index in [1.165, 1.54) is 99.8 Å². The Labute approximate surface area is 548 Å². The first-order chi connectivity index (χ1) is 45.8. The molecule has 0 aliphatic rings. The molecule has 0 radical (unpaired) electrons. The Bertz CT molecular complexity index is 5340. The van der Waals surface area contributed by atoms with Gasteiger partial charge in [0.1, 0.15) is 0 Å². The molecule has 0 N–H and O–H groups in total. The smallest absolute Gasteiger partial charge is 0.164 e. The van der Waals surface area contributed by atoms with Gasteiger partial charge in [0.05, 0.1) is 27.8 Å². The molecular weight excluding hydrogens is 1140 g/mol. The maximum absolute atomic E-state index is 5.51. The summed E-state index contributed by atoms with van der Waals surface area (Å²) in [6.45, 7) is 17.5. The monoisotopic (exact) mass is 1210 g/mol. The standard InChI is InChI=1S/C88H68N6/c1-53-34-54(2)39-69(38-53)64-22-28-81-77(47-64)78-48-65(70-40-55(3)35-56(4)41-70)23-29-82(78)93(81)73-26-27-74(88-91-86(61-16-11-9-12-17-61)90-87(92-88)62-18-13-10-14-19-62)75(51-73)76-46-63(68-20-15-33-89-52-68)21-30-83(76)94-84-31-24-66(71-42-57(5)36-58(6)43-71)49-79(84)80-50-67(25-32-85(80)94)72-44-59(7)37-60(8)45-72/h9-52H,1-8H3. The molecule has 6 heteroatoms. The normalized spacial score (nSPS) is 11.6. The summed E-state index contributed by atoms with van der Waals surface area (Å²) in [6, 6.07) is 94.0. The highest BCUT2D eigenvalue weighted by molar-refractivity contribution is 6.14. The summed E-state index contributed by atoms with van der Waals surface area (Å²) < 4.78 is 4.95. The van der Waals surface area contributed by atoms with Gasteiger partial charge in [-0.3, -0.25) is 4.98 Å². The lowest BCUT2D eigenvalue weighted by atomic mass is 9.93. The molecule has 16 rings (SSSR count). The molecule has 450 valence electrons. The molecule has 0 saturated heterocycles. The van der Waals surface area contributed by atoms with Crippen LogP contribution in [0.15, 0.2) is 267 Å². The van der Waals surface area contributed by atoms with Crippen molar-refractivity contribution in [3.8, 4) is 112 Å². The van der Waals surface area contributed by atoms with Crippen molar-refractivity contribution in [3.63, 3.8) is 0 Å². The van der Waals surface area contributed by atoms with Gasteiger partial charge in [-0.1, -0.05) is 214 Å². The van der Waals surface area contributed by atoms with E-state index < -0.39 is 0 Å². The average molecular weight is 1210 g/mol. The van der Waals surface area contributed by atoms with Crippen molar-refractivity contribution in [2.45, 2.75) is 55.4 Å². The maximum atomic E-state index is 5.51. The molecule has 0 aliphatic carbocycles. The number of aromatic nitrogens is 6. The molecule has 16 aromatic rings. The summed E-state index contributed by atoms with van der Waals surface area (Å²) in [7, 11) is 0. The van der Waals surface area contributed by atoms with Crippen molar-refractivity contribution in [3.05, 3.63) is 312 Å². The number of aryl methyl sites for hydroxylation is 8. The minimum atomic E-state index is 0.559. The molecule has 6 nitrogen and oxygen atoms in total. The highest BCUT2D eigenvalue weighted by atomic mass is 15.0. The van der Waals surface area contributed by atoms with Gasteiger partial charge in [0, 0.05) is 67.4 Å². The predicted octanol–water partition coefficient (Wildman–Crippen LogP) is 22.9. The number of rotatable bonds is 11. The van der Waals surface area contributed by atoms with Crippen LogP contribution in [0.1, 0.15) is 44.5 Å². The third kappa shape index (κ3) is 10.6. The van der Waals surface area contributed by atoms with E-state index in [-0.39, 0.29) is 0 Å². The topological polar surface area (TPSA) is 61.4 Å². The number of nitrogens with zero attached hydrogens (tertiary/aromatic N) is 6. The van der Waals surface area contributed by atoms with Crippen LogP contribution in [0.5, 0.6) is 0 Å². The highest BCUT2D eigenvalue weighted by Crippen LogP contribution is 2.46. The third-order valence-corrected chi connectivity index (χ3v) is 18.5. The van der Waals surface area contributed by atoms with E-state index in [2.05, 4.69) is 282 Å². The minimum absolute atomic E-state index is 0.559. The Hall–Kier alpha value is -11.6. The summed E-state index contributed by atoms with van der Waals surface area (Å²) >= 11 is 0. The molecule has 4 heterocycles. The van der Waals surface area contributed by atoms with E-state index in [0.29, 0.717) is 17.5 Å². The van der Waals surface area contributed by atoms with Gasteiger partial charge in [0.25, 0.3) is 0 Å². The van der Waals surface area contributed by atoms with Gasteiger partial charge in [-0.05, 0) is 196 Å². The van der Waals surface area contributed by atoms with Crippen molar-refractivity contribution in [1.82, 2.24) is 29.1 Å². The minimum Gasteiger partial charge on any atom is -0.309 e. The van der Waals surface area contributed by atoms with Crippen LogP contribution in [-0.4, -0.2) is 29.1 Å². The molecule has 0 bridgehead atoms. The van der Waals surface area contributed by atoms with Gasteiger partial charge in [-0.25, -0.2) is 15.0 Å². The first kappa shape index (κ1) is 57.6. The van der Waals surface area contributed by atoms with Gasteiger partial charge in [-0.15, -0.1) is 0 Å². The average Bonchev–Trinajstić information content (AvgIpc) is 1.58. The second kappa shape index (κ2) is 23.3. The van der Waals surface area contributed by atoms with Crippen molar-refractivity contribution in [2.75, 3.05) is 0 Å². The second-order valence-corrected chi connectivity index (χ2v) is 25.8. The second-order valence-electron chi connectivity index (χ2n) is 25.8. The summed E-state index contributed by atoms with van der Waals surface area (Å²) in [4.78, 5) is 20.9. The number of fused-ring (bicyclic) bond motifs is 6. The van der Waals surface area contributed by atoms with Crippen molar-refractivity contribution < 1.29 is 0 Å². The van der Waals surface area contributed by atoms with E-state index >= 15 is 0 Å². The van der Waals surface area contributed by atoms with E-state index in [0.717, 1.165) is 83.2 Å². The van der Waals surface area contributed by atoms with Gasteiger partial charge in [-0.2, -0.15) is 0 Å². The molecule has 4 aromatic heterocycles. The fourth-order valence-corrected chi connectivity index (χ4v) is 14.5. The van der Waals surface area contributed by atoms with Gasteiger partial charge in [0.2, 0.25) is 0 Å². The van der Waals surface area contributed by atoms with Crippen molar-refractivity contribution in [2.24, 2.45) is 0 Å². The van der Waals surface area contributed by atoms with E-state index in [9.17, 15) is 0 Å². The zero-order chi connectivity index (χ0) is 63.9. The largest absolute Gasteiger partial charge is 0.309 e. The van der Waals surface area contributed by atoms with Crippen LogP contribution >= 0.6 is 0 Å². The lowest BCUT2D eigenvalue weighted by Crippen LogP contribution is -2.04. The summed E-state index contributed by atoms with van der Waals surface area (Å²) in [6.07, 6.45) is 3.80. The summed E-state index contributed by atoms with van der Waals surface area (Å²) in [5, 5.41) is 4.67. The summed E-state index contributed by atoms with van der Waals surface area (Å²) in [5.41, 5.74) is 32.4. The fourth-order valence-electron chi connectivity index (χ4n) is 14.5. The number of pyridine rings is 1. The van der Waals surface area contributed by atoms with Crippen molar-refractivity contribution in [1.29, 1.82) is 0 Å². The van der Waals surface area contributed by atoms with Crippen LogP contribution in [0.4, 0.5) is 0 Å². The third-order valence-electron chi connectivity index (χ3n) is 18.5. The maximum Gasteiger partial charge on any atom is 0.164 e. The Balaban J connectivity index is 1.01. The van der Waals surface area contributed by atoms with Gasteiger partial charge in [0.15, 0.2) is 17.5 Å². The van der Waals surface area contributed by atoms with Crippen LogP contribution in [-0.2, 0) is 0 Å². The molecule has 0 unspecified atom stereocenters. The van der Waals surface area contributed by atoms with E-state index in [4.69, 9.17) is 15.0 Å². The van der Waals surface area contributed by atoms with E-state index in [1.807, 2.05) is 54.9 Å². The molecule has 94 heavy (non-hydrogen) atoms. The van der Waals surface area contributed by atoms with Gasteiger partial charge >= 0.3 is 0 Å². The van der Waals surface area contributed by atoms with Crippen molar-refractivity contribution >= 4 is 43.6 Å². The van der Waals surface area contributed by atoms with Crippen LogP contribution < -0.4 is 0 Å². The molecule has 0 amide bonds. The molecule has 12 aromatic carbocycles. The highest BCUT2D eigenvalue weighted by Gasteiger charge is 2.25. The Morgan fingerprint density at radius 2 is 0.596 bits per heavy atom. The SMILES string of the molecule is Cc1cc(C)cc(-c2ccc3c(c2)c2cc(-c4cc(C)cc(C)c4)ccc2n3-c2ccc(-c3nc(-c4ccccc4)nc(-c4ccccc4)n3)c(-c3cc(-c4cccnc4)ccc3-n3c4ccc(-c5cc(C)cc(C)c5)cc4c4cc(-c5cc(C)cc(C)c5)ccc43)c2)c1. The zero-order valence-corrected chi connectivity index (χ0v) is 54.1. The van der Waals surface area contributed by atoms with Crippen LogP contribution in [0.3, 0.4) is 0 Å². The molecule has 0 spiro atoms. The quantitative estimate of drug-likeness (QED) is 0.129. The summed E-state index contributed by atoms with van der Waals surface area (Å²) in [5.74, 6) is 1.74. The molecule has 0 aliphatic heterocycles. The fraction of sp³-hybridized carbons (Fsp3) is 0.0909. The van der Waals surface area contributed by atoms with E-state index in [1.54, 1.807) is 0 Å². The molecular formula is C88H68N6. The first-order valence-electron chi connectivity index (χ1n) is 32.4. The number of benzene rings is 12. The lowest BCUT2D eigenvalue weighted by molar-refractivity contribution is 1.07. The zero-order valence-electron chi connectivity index (χ0n) is 54.1. The lowest BCUT2D eigenvalue weighted by Gasteiger charge is -2.20. The van der Waals surface area contributed by atoms with Crippen LogP contribution in [0.25, 0.3) is 156 Å². The van der Waals surface area contributed by atoms with Crippen LogP contribution in [0, 0.1) is 55.4 Å². The number of hydrogen-bond donors (Lipinski definition) is 0. The predicted molar refractivity (Wildman–Crippen MR) is 393 cm³/mol.